The Morgan fingerprint density at radius 3 is 2.86 bits per heavy atom. The third-order valence-electron chi connectivity index (χ3n) is 5.77. The number of phenols is 1. The summed E-state index contributed by atoms with van der Waals surface area (Å²) in [4.78, 5) is 26.2. The summed E-state index contributed by atoms with van der Waals surface area (Å²) in [6, 6.07) is 3.77. The number of benzene rings is 1. The van der Waals surface area contributed by atoms with E-state index in [9.17, 15) is 14.7 Å². The number of nitrogens with zero attached hydrogens (tertiary/aromatic N) is 4. The second-order valence-electron chi connectivity index (χ2n) is 7.64. The number of rotatable bonds is 3. The number of aryl methyl sites for hydroxylation is 1. The number of phenolic OH excluding ortho intramolecular Hbond substituents is 1. The number of hydrogen-bond donors (Lipinski definition) is 2. The quantitative estimate of drug-likeness (QED) is 0.832. The molecule has 0 bridgehead atoms. The summed E-state index contributed by atoms with van der Waals surface area (Å²) >= 11 is 0. The summed E-state index contributed by atoms with van der Waals surface area (Å²) in [5, 5.41) is 22.1. The van der Waals surface area contributed by atoms with Gasteiger partial charge in [-0.3, -0.25) is 14.2 Å². The van der Waals surface area contributed by atoms with Gasteiger partial charge in [-0.1, -0.05) is 6.07 Å². The first-order valence-electron chi connectivity index (χ1n) is 9.75. The molecule has 1 atom stereocenters. The number of carbonyl (C=O) groups is 1. The van der Waals surface area contributed by atoms with E-state index in [4.69, 9.17) is 0 Å². The molecule has 1 aliphatic carbocycles. The zero-order valence-corrected chi connectivity index (χ0v) is 16.2. The lowest BCUT2D eigenvalue weighted by Crippen LogP contribution is -2.45. The number of anilines is 1. The normalized spacial score (nSPS) is 18.8. The number of carbonyl (C=O) groups excluding carboxylic acids is 1. The predicted octanol–water partition coefficient (Wildman–Crippen LogP) is 1.46. The lowest BCUT2D eigenvalue weighted by Gasteiger charge is -2.32. The van der Waals surface area contributed by atoms with Gasteiger partial charge in [-0.05, 0) is 49.3 Å². The van der Waals surface area contributed by atoms with Gasteiger partial charge in [0.05, 0.1) is 5.56 Å². The molecule has 1 fully saturated rings. The highest BCUT2D eigenvalue weighted by atomic mass is 16.3. The number of nitrogens with one attached hydrogen (secondary N) is 1. The summed E-state index contributed by atoms with van der Waals surface area (Å²) in [6.45, 7) is 2.85. The monoisotopic (exact) mass is 383 g/mol. The van der Waals surface area contributed by atoms with Gasteiger partial charge in [0.2, 0.25) is 11.7 Å². The van der Waals surface area contributed by atoms with Crippen molar-refractivity contribution in [2.24, 2.45) is 7.05 Å². The Bertz CT molecular complexity index is 985. The minimum Gasteiger partial charge on any atom is -0.507 e. The van der Waals surface area contributed by atoms with Gasteiger partial charge in [0, 0.05) is 33.1 Å². The highest BCUT2D eigenvalue weighted by molar-refractivity contribution is 5.73. The minimum absolute atomic E-state index is 0.0288. The van der Waals surface area contributed by atoms with Gasteiger partial charge in [0.1, 0.15) is 5.75 Å². The second kappa shape index (κ2) is 7.26. The van der Waals surface area contributed by atoms with Crippen molar-refractivity contribution in [1.82, 2.24) is 19.7 Å². The molecule has 148 valence electrons. The van der Waals surface area contributed by atoms with Gasteiger partial charge in [0.25, 0.3) is 5.56 Å². The lowest BCUT2D eigenvalue weighted by molar-refractivity contribution is -0.129. The Balaban J connectivity index is 1.61. The summed E-state index contributed by atoms with van der Waals surface area (Å²) < 4.78 is 1.41. The molecule has 1 aromatic heterocycles. The third-order valence-corrected chi connectivity index (χ3v) is 5.77. The van der Waals surface area contributed by atoms with Gasteiger partial charge >= 0.3 is 0 Å². The number of piperidine rings is 1. The molecule has 1 saturated heterocycles. The largest absolute Gasteiger partial charge is 0.507 e. The molecule has 1 aromatic carbocycles. The Labute approximate surface area is 163 Å². The molecule has 8 heteroatoms. The first-order valence-corrected chi connectivity index (χ1v) is 9.75. The van der Waals surface area contributed by atoms with Crippen LogP contribution in [0.3, 0.4) is 0 Å². The van der Waals surface area contributed by atoms with Crippen LogP contribution in [0, 0.1) is 0 Å². The molecule has 1 amide bonds. The Hall–Kier alpha value is -2.90. The van der Waals surface area contributed by atoms with Crippen molar-refractivity contribution < 1.29 is 9.90 Å². The Morgan fingerprint density at radius 1 is 1.25 bits per heavy atom. The minimum atomic E-state index is -0.301. The zero-order valence-electron chi connectivity index (χ0n) is 16.2. The molecular formula is C20H25N5O3. The van der Waals surface area contributed by atoms with E-state index in [2.05, 4.69) is 15.5 Å². The molecule has 0 spiro atoms. The van der Waals surface area contributed by atoms with Crippen LogP contribution in [-0.4, -0.2) is 49.8 Å². The fourth-order valence-corrected chi connectivity index (χ4v) is 4.19. The topological polar surface area (TPSA) is 100 Å². The molecule has 0 radical (unpaired) electrons. The van der Waals surface area contributed by atoms with Crippen LogP contribution in [0.15, 0.2) is 16.9 Å². The van der Waals surface area contributed by atoms with Crippen LogP contribution >= 0.6 is 0 Å². The van der Waals surface area contributed by atoms with E-state index in [0.717, 1.165) is 49.8 Å². The van der Waals surface area contributed by atoms with Crippen molar-refractivity contribution in [1.29, 1.82) is 0 Å². The number of aromatic nitrogens is 3. The van der Waals surface area contributed by atoms with Crippen LogP contribution in [0.1, 0.15) is 37.3 Å². The first-order chi connectivity index (χ1) is 13.5. The average Bonchev–Trinajstić information content (AvgIpc) is 3.17. The molecule has 0 saturated carbocycles. The van der Waals surface area contributed by atoms with Gasteiger partial charge in [0.15, 0.2) is 5.82 Å². The van der Waals surface area contributed by atoms with Crippen molar-refractivity contribution in [3.05, 3.63) is 33.6 Å². The van der Waals surface area contributed by atoms with Gasteiger partial charge < -0.3 is 15.3 Å². The maximum Gasteiger partial charge on any atom is 0.296 e. The average molecular weight is 383 g/mol. The fraction of sp³-hybridized carbons (Fsp3) is 0.500. The SMILES string of the molecule is CC(=O)N1CCC[C@@H](Nc2nnc(-c3ccc4c(c3O)CCC4)n(C)c2=O)C1. The molecule has 1 aliphatic heterocycles. The first kappa shape index (κ1) is 18.5. The molecule has 4 rings (SSSR count). The van der Waals surface area contributed by atoms with Crippen LogP contribution < -0.4 is 10.9 Å². The highest BCUT2D eigenvalue weighted by Crippen LogP contribution is 2.37. The van der Waals surface area contributed by atoms with Crippen molar-refractivity contribution in [3.8, 4) is 17.1 Å². The maximum absolute atomic E-state index is 12.8. The van der Waals surface area contributed by atoms with Crippen LogP contribution in [-0.2, 0) is 24.7 Å². The standard InChI is InChI=1S/C20H25N5O3/c1-12(26)25-10-4-6-14(11-25)21-18-20(28)24(2)19(23-22-18)16-9-8-13-5-3-7-15(13)17(16)27/h8-9,14,27H,3-7,10-11H2,1-2H3,(H,21,22)/t14-/m1/s1. The summed E-state index contributed by atoms with van der Waals surface area (Å²) in [6.07, 6.45) is 4.58. The van der Waals surface area contributed by atoms with E-state index < -0.39 is 0 Å². The van der Waals surface area contributed by atoms with E-state index in [1.54, 1.807) is 18.9 Å². The van der Waals surface area contributed by atoms with Crippen LogP contribution in [0.4, 0.5) is 5.82 Å². The molecular weight excluding hydrogens is 358 g/mol. The number of likely N-dealkylation sites (tertiary alicyclic amines) is 1. The lowest BCUT2D eigenvalue weighted by atomic mass is 10.0. The fourth-order valence-electron chi connectivity index (χ4n) is 4.19. The number of fused-ring (bicyclic) bond motifs is 1. The Morgan fingerprint density at radius 2 is 2.07 bits per heavy atom. The van der Waals surface area contributed by atoms with Crippen LogP contribution in [0.25, 0.3) is 11.4 Å². The van der Waals surface area contributed by atoms with Crippen molar-refractivity contribution in [2.75, 3.05) is 18.4 Å². The van der Waals surface area contributed by atoms with E-state index >= 15 is 0 Å². The smallest absolute Gasteiger partial charge is 0.296 e. The predicted molar refractivity (Wildman–Crippen MR) is 105 cm³/mol. The summed E-state index contributed by atoms with van der Waals surface area (Å²) in [5.41, 5.74) is 2.33. The maximum atomic E-state index is 12.8. The third kappa shape index (κ3) is 3.23. The number of hydrogen-bond acceptors (Lipinski definition) is 6. The van der Waals surface area contributed by atoms with Crippen LogP contribution in [0.5, 0.6) is 5.75 Å². The van der Waals surface area contributed by atoms with E-state index in [0.29, 0.717) is 17.9 Å². The number of aromatic hydroxyl groups is 1. The molecule has 2 aromatic rings. The van der Waals surface area contributed by atoms with E-state index in [-0.39, 0.29) is 29.1 Å². The summed E-state index contributed by atoms with van der Waals surface area (Å²) in [7, 11) is 1.63. The summed E-state index contributed by atoms with van der Waals surface area (Å²) in [5.74, 6) is 0.747. The molecule has 0 unspecified atom stereocenters. The zero-order chi connectivity index (χ0) is 19.8. The van der Waals surface area contributed by atoms with E-state index in [1.807, 2.05) is 12.1 Å². The molecule has 2 N–H and O–H groups in total. The number of amides is 1. The molecule has 8 nitrogen and oxygen atoms in total. The molecule has 2 heterocycles. The van der Waals surface area contributed by atoms with Crippen molar-refractivity contribution in [3.63, 3.8) is 0 Å². The van der Waals surface area contributed by atoms with E-state index in [1.165, 1.54) is 4.57 Å². The second-order valence-corrected chi connectivity index (χ2v) is 7.64. The van der Waals surface area contributed by atoms with Gasteiger partial charge in [-0.25, -0.2) is 0 Å². The van der Waals surface area contributed by atoms with Crippen molar-refractivity contribution in [2.45, 2.75) is 45.1 Å². The molecule has 2 aliphatic rings. The molecule has 28 heavy (non-hydrogen) atoms. The highest BCUT2D eigenvalue weighted by Gasteiger charge is 2.24. The van der Waals surface area contributed by atoms with Gasteiger partial charge in [-0.2, -0.15) is 0 Å². The Kier molecular flexibility index (Phi) is 4.78. The van der Waals surface area contributed by atoms with Crippen molar-refractivity contribution >= 4 is 11.7 Å². The van der Waals surface area contributed by atoms with Gasteiger partial charge in [-0.15, -0.1) is 10.2 Å². The van der Waals surface area contributed by atoms with Crippen LogP contribution in [0.2, 0.25) is 0 Å².